The lowest BCUT2D eigenvalue weighted by molar-refractivity contribution is 0.0178. The van der Waals surface area contributed by atoms with Crippen molar-refractivity contribution in [1.82, 2.24) is 9.97 Å². The molecular formula is C21H30ClN3O6P2. The number of aliphatic hydroxyl groups is 1. The van der Waals surface area contributed by atoms with Crippen molar-refractivity contribution in [2.45, 2.75) is 56.8 Å². The topological polar surface area (TPSA) is 137 Å². The Morgan fingerprint density at radius 2 is 1.88 bits per heavy atom. The lowest BCUT2D eigenvalue weighted by atomic mass is 9.87. The van der Waals surface area contributed by atoms with E-state index >= 15 is 0 Å². The molecule has 2 heterocycles. The van der Waals surface area contributed by atoms with Crippen LogP contribution in [-0.4, -0.2) is 61.0 Å². The number of anilines is 1. The van der Waals surface area contributed by atoms with Crippen LogP contribution in [0.2, 0.25) is 5.28 Å². The minimum absolute atomic E-state index is 0.112. The fourth-order valence-corrected chi connectivity index (χ4v) is 6.14. The molecule has 1 saturated carbocycles. The smallest absolute Gasteiger partial charge is 0.224 e. The molecule has 9 nitrogen and oxygen atoms in total. The van der Waals surface area contributed by atoms with Gasteiger partial charge in [0, 0.05) is 11.9 Å². The summed E-state index contributed by atoms with van der Waals surface area (Å²) in [4.78, 5) is 36.5. The van der Waals surface area contributed by atoms with E-state index in [2.05, 4.69) is 15.3 Å². The second-order valence-electron chi connectivity index (χ2n) is 8.66. The van der Waals surface area contributed by atoms with Gasteiger partial charge in [-0.25, -0.2) is 9.97 Å². The molecular weight excluding hydrogens is 488 g/mol. The highest BCUT2D eigenvalue weighted by molar-refractivity contribution is 7.63. The molecule has 0 spiro atoms. The van der Waals surface area contributed by atoms with Crippen molar-refractivity contribution < 1.29 is 29.0 Å². The number of nitrogens with zero attached hydrogens (tertiary/aromatic N) is 2. The first kappa shape index (κ1) is 25.4. The molecule has 0 radical (unpaired) electrons. The van der Waals surface area contributed by atoms with Crippen LogP contribution in [0.1, 0.15) is 50.2 Å². The van der Waals surface area contributed by atoms with Gasteiger partial charge in [0.05, 0.1) is 36.3 Å². The standard InChI is InChI=1S/C21H30ClN3O6P2/c22-21-24-18-9-14(19-8-6-16(31-19)11-30-33(29)12-32(27)28)3-7-17(18)20(25-21)23-10-13-1-4-15(26)5-2-13/h3,7,9,13,15-16,19,26-29H,1-2,4-6,8,10-12H2,(H,23,24,25)/t13?,15?,16?,19-,33?/m1/s1. The number of nitrogens with one attached hydrogen (secondary N) is 1. The Labute approximate surface area is 200 Å². The van der Waals surface area contributed by atoms with Crippen molar-refractivity contribution in [1.29, 1.82) is 0 Å². The van der Waals surface area contributed by atoms with Gasteiger partial charge in [-0.3, -0.25) is 0 Å². The van der Waals surface area contributed by atoms with E-state index in [4.69, 9.17) is 30.6 Å². The predicted octanol–water partition coefficient (Wildman–Crippen LogP) is 4.04. The van der Waals surface area contributed by atoms with Crippen LogP contribution in [0.5, 0.6) is 0 Å². The Morgan fingerprint density at radius 3 is 2.64 bits per heavy atom. The second-order valence-corrected chi connectivity index (χ2v) is 11.8. The summed E-state index contributed by atoms with van der Waals surface area (Å²) >= 11 is 6.21. The number of rotatable bonds is 9. The summed E-state index contributed by atoms with van der Waals surface area (Å²) in [7, 11) is -4.01. The summed E-state index contributed by atoms with van der Waals surface area (Å²) in [5.41, 5.74) is 1.74. The van der Waals surface area contributed by atoms with Crippen molar-refractivity contribution in [3.05, 3.63) is 29.0 Å². The Morgan fingerprint density at radius 1 is 1.09 bits per heavy atom. The van der Waals surface area contributed by atoms with Crippen molar-refractivity contribution >= 4 is 45.1 Å². The Balaban J connectivity index is 1.38. The van der Waals surface area contributed by atoms with E-state index in [1.54, 1.807) is 0 Å². The number of ether oxygens (including phenoxy) is 1. The Bertz CT molecular complexity index is 934. The van der Waals surface area contributed by atoms with Gasteiger partial charge in [0.2, 0.25) is 5.28 Å². The van der Waals surface area contributed by atoms with Gasteiger partial charge in [-0.05, 0) is 73.7 Å². The van der Waals surface area contributed by atoms with Gasteiger partial charge in [-0.15, -0.1) is 0 Å². The molecule has 2 unspecified atom stereocenters. The lowest BCUT2D eigenvalue weighted by Crippen LogP contribution is -2.23. The number of halogens is 1. The molecule has 12 heteroatoms. The van der Waals surface area contributed by atoms with Crippen molar-refractivity contribution in [3.8, 4) is 0 Å². The molecule has 2 fully saturated rings. The molecule has 3 atom stereocenters. The highest BCUT2D eigenvalue weighted by Gasteiger charge is 2.28. The van der Waals surface area contributed by atoms with Crippen molar-refractivity contribution in [3.63, 3.8) is 0 Å². The minimum Gasteiger partial charge on any atom is -0.393 e. The first-order chi connectivity index (χ1) is 15.9. The molecule has 0 amide bonds. The number of fused-ring (bicyclic) bond motifs is 1. The maximum atomic E-state index is 9.71. The maximum absolute atomic E-state index is 9.71. The van der Waals surface area contributed by atoms with Crippen LogP contribution in [0.3, 0.4) is 0 Å². The number of aliphatic hydroxyl groups excluding tert-OH is 1. The van der Waals surface area contributed by atoms with Gasteiger partial charge in [-0.2, -0.15) is 0 Å². The van der Waals surface area contributed by atoms with Crippen LogP contribution < -0.4 is 5.32 Å². The van der Waals surface area contributed by atoms with Gasteiger partial charge >= 0.3 is 0 Å². The third kappa shape index (κ3) is 7.14. The number of hydrogen-bond donors (Lipinski definition) is 5. The summed E-state index contributed by atoms with van der Waals surface area (Å²) in [5, 5.41) is 14.2. The summed E-state index contributed by atoms with van der Waals surface area (Å²) in [5.74, 6) is 1.08. The van der Waals surface area contributed by atoms with E-state index in [1.165, 1.54) is 0 Å². The molecule has 2 aliphatic rings. The molecule has 4 rings (SSSR count). The molecule has 0 bridgehead atoms. The largest absolute Gasteiger partial charge is 0.393 e. The van der Waals surface area contributed by atoms with E-state index in [-0.39, 0.29) is 36.1 Å². The van der Waals surface area contributed by atoms with Crippen LogP contribution >= 0.6 is 28.4 Å². The van der Waals surface area contributed by atoms with E-state index in [1.807, 2.05) is 18.2 Å². The van der Waals surface area contributed by atoms with Gasteiger partial charge in [0.1, 0.15) is 5.82 Å². The maximum Gasteiger partial charge on any atom is 0.224 e. The van der Waals surface area contributed by atoms with Crippen LogP contribution in [0.25, 0.3) is 10.9 Å². The molecule has 5 N–H and O–H groups in total. The molecule has 1 aliphatic carbocycles. The van der Waals surface area contributed by atoms with E-state index < -0.39 is 16.8 Å². The summed E-state index contributed by atoms with van der Waals surface area (Å²) in [6.07, 6.45) is 4.85. The molecule has 1 aromatic carbocycles. The van der Waals surface area contributed by atoms with Gasteiger partial charge in [-0.1, -0.05) is 6.07 Å². The summed E-state index contributed by atoms with van der Waals surface area (Å²) in [6, 6.07) is 5.97. The fourth-order valence-electron chi connectivity index (χ4n) is 4.44. The first-order valence-corrected chi connectivity index (χ1v) is 14.4. The van der Waals surface area contributed by atoms with Gasteiger partial charge in [0.25, 0.3) is 0 Å². The highest BCUT2D eigenvalue weighted by atomic mass is 35.5. The third-order valence-corrected chi connectivity index (χ3v) is 8.80. The van der Waals surface area contributed by atoms with Crippen LogP contribution in [0.4, 0.5) is 5.82 Å². The van der Waals surface area contributed by atoms with Crippen LogP contribution in [0, 0.1) is 5.92 Å². The summed E-state index contributed by atoms with van der Waals surface area (Å²) < 4.78 is 11.4. The quantitative estimate of drug-likeness (QED) is 0.246. The number of aromatic nitrogens is 2. The van der Waals surface area contributed by atoms with E-state index in [0.29, 0.717) is 11.7 Å². The third-order valence-electron chi connectivity index (χ3n) is 6.20. The zero-order valence-corrected chi connectivity index (χ0v) is 20.7. The molecule has 1 aromatic heterocycles. The fraction of sp³-hybridized carbons (Fsp3) is 0.619. The highest BCUT2D eigenvalue weighted by Crippen LogP contribution is 2.45. The van der Waals surface area contributed by atoms with E-state index in [0.717, 1.165) is 61.5 Å². The zero-order valence-electron chi connectivity index (χ0n) is 18.2. The first-order valence-electron chi connectivity index (χ1n) is 11.2. The van der Waals surface area contributed by atoms with Crippen LogP contribution in [0.15, 0.2) is 18.2 Å². The SMILES string of the molecule is OC1CCC(CNc2nc(Cl)nc3cc([C@H]4CCC(COP(O)CP(O)O)O4)ccc23)CC1. The number of hydrogen-bond acceptors (Lipinski definition) is 9. The monoisotopic (exact) mass is 517 g/mol. The molecule has 182 valence electrons. The van der Waals surface area contributed by atoms with Crippen LogP contribution in [-0.2, 0) is 9.26 Å². The molecule has 1 aliphatic heterocycles. The molecule has 1 saturated heterocycles. The normalized spacial score (nSPS) is 26.7. The Kier molecular flexibility index (Phi) is 9.07. The average molecular weight is 518 g/mol. The van der Waals surface area contributed by atoms with Gasteiger partial charge in [0.15, 0.2) is 16.8 Å². The summed E-state index contributed by atoms with van der Waals surface area (Å²) in [6.45, 7) is 1.00. The predicted molar refractivity (Wildman–Crippen MR) is 129 cm³/mol. The zero-order chi connectivity index (χ0) is 23.4. The van der Waals surface area contributed by atoms with E-state index in [9.17, 15) is 10.00 Å². The molecule has 2 aromatic rings. The average Bonchev–Trinajstić information content (AvgIpc) is 3.25. The van der Waals surface area contributed by atoms with Crippen molar-refractivity contribution in [2.24, 2.45) is 5.92 Å². The number of benzene rings is 1. The second kappa shape index (κ2) is 11.8. The Hall–Kier alpha value is -0.730. The van der Waals surface area contributed by atoms with Gasteiger partial charge < -0.3 is 34.4 Å². The van der Waals surface area contributed by atoms with Crippen molar-refractivity contribution in [2.75, 3.05) is 24.4 Å². The lowest BCUT2D eigenvalue weighted by Gasteiger charge is -2.25. The molecule has 33 heavy (non-hydrogen) atoms. The minimum atomic E-state index is -2.17.